The molecule has 0 unspecified atom stereocenters. The molecule has 0 bridgehead atoms. The Morgan fingerprint density at radius 2 is 1.97 bits per heavy atom. The molecular formula is C26H23N2O7S-. The zero-order chi connectivity index (χ0) is 25.8. The van der Waals surface area contributed by atoms with Crippen molar-refractivity contribution < 1.29 is 28.9 Å². The molecule has 0 fully saturated rings. The number of carbonyl (C=O) groups is 2. The minimum Gasteiger partial charge on any atom is -0.546 e. The van der Waals surface area contributed by atoms with Crippen molar-refractivity contribution in [1.82, 2.24) is 4.57 Å². The second kappa shape index (κ2) is 10.6. The number of fused-ring (bicyclic) bond motifs is 1. The summed E-state index contributed by atoms with van der Waals surface area (Å²) in [5.74, 6) is -1.04. The van der Waals surface area contributed by atoms with Gasteiger partial charge < -0.3 is 24.1 Å². The van der Waals surface area contributed by atoms with Crippen LogP contribution in [0.5, 0.6) is 11.5 Å². The zero-order valence-corrected chi connectivity index (χ0v) is 20.7. The first-order valence-electron chi connectivity index (χ1n) is 11.1. The molecule has 1 aromatic heterocycles. The average Bonchev–Trinajstić information content (AvgIpc) is 3.16. The second-order valence-electron chi connectivity index (χ2n) is 7.78. The molecule has 1 atom stereocenters. The Morgan fingerprint density at radius 1 is 1.19 bits per heavy atom. The van der Waals surface area contributed by atoms with Gasteiger partial charge in [-0.2, -0.15) is 0 Å². The Labute approximate surface area is 210 Å². The highest BCUT2D eigenvalue weighted by atomic mass is 32.1. The summed E-state index contributed by atoms with van der Waals surface area (Å²) in [7, 11) is 1.53. The van der Waals surface area contributed by atoms with Gasteiger partial charge in [0, 0.05) is 5.56 Å². The number of nitrogens with zero attached hydrogens (tertiary/aromatic N) is 2. The number of benzene rings is 2. The number of ether oxygens (including phenoxy) is 3. The van der Waals surface area contributed by atoms with E-state index < -0.39 is 24.6 Å². The Bertz CT molecular complexity index is 1530. The molecule has 0 N–H and O–H groups in total. The van der Waals surface area contributed by atoms with Gasteiger partial charge in [0.05, 0.1) is 35.5 Å². The summed E-state index contributed by atoms with van der Waals surface area (Å²) in [4.78, 5) is 42.4. The third-order valence-electron chi connectivity index (χ3n) is 5.46. The van der Waals surface area contributed by atoms with E-state index in [1.165, 1.54) is 23.0 Å². The van der Waals surface area contributed by atoms with Crippen molar-refractivity contribution in [2.45, 2.75) is 19.9 Å². The van der Waals surface area contributed by atoms with Gasteiger partial charge in [-0.05, 0) is 43.7 Å². The number of hydrogen-bond acceptors (Lipinski definition) is 9. The Morgan fingerprint density at radius 3 is 2.69 bits per heavy atom. The van der Waals surface area contributed by atoms with Crippen LogP contribution in [-0.2, 0) is 14.3 Å². The SMILES string of the molecule is CCOC(=O)C1=C(C)N=c2s/c(=C/c3cccc(OCC(=O)[O-])c3)c(=O)n2[C@@H]1c1ccccc1OC. The van der Waals surface area contributed by atoms with Crippen LogP contribution in [0.1, 0.15) is 31.0 Å². The van der Waals surface area contributed by atoms with E-state index in [-0.39, 0.29) is 17.7 Å². The summed E-state index contributed by atoms with van der Waals surface area (Å²) >= 11 is 1.18. The lowest BCUT2D eigenvalue weighted by Gasteiger charge is -2.25. The summed E-state index contributed by atoms with van der Waals surface area (Å²) in [6, 6.07) is 13.1. The average molecular weight is 508 g/mol. The van der Waals surface area contributed by atoms with Gasteiger partial charge in [-0.1, -0.05) is 41.7 Å². The summed E-state index contributed by atoms with van der Waals surface area (Å²) in [5.41, 5.74) is 1.63. The van der Waals surface area contributed by atoms with Crippen molar-refractivity contribution in [3.8, 4) is 11.5 Å². The van der Waals surface area contributed by atoms with Crippen LogP contribution in [0.4, 0.5) is 0 Å². The van der Waals surface area contributed by atoms with Crippen molar-refractivity contribution in [2.24, 2.45) is 4.99 Å². The highest BCUT2D eigenvalue weighted by molar-refractivity contribution is 7.07. The highest BCUT2D eigenvalue weighted by Gasteiger charge is 2.34. The summed E-state index contributed by atoms with van der Waals surface area (Å²) in [6.07, 6.45) is 1.67. The maximum Gasteiger partial charge on any atom is 0.338 e. The number of rotatable bonds is 8. The molecule has 186 valence electrons. The van der Waals surface area contributed by atoms with Gasteiger partial charge in [0.25, 0.3) is 5.56 Å². The van der Waals surface area contributed by atoms with Crippen LogP contribution in [0.25, 0.3) is 6.08 Å². The van der Waals surface area contributed by atoms with Crippen LogP contribution >= 0.6 is 11.3 Å². The third kappa shape index (κ3) is 4.94. The molecule has 0 radical (unpaired) electrons. The number of carboxylic acid groups (broad SMARTS) is 1. The van der Waals surface area contributed by atoms with E-state index in [9.17, 15) is 19.5 Å². The molecule has 0 saturated carbocycles. The van der Waals surface area contributed by atoms with Crippen LogP contribution in [0, 0.1) is 0 Å². The molecule has 0 aliphatic carbocycles. The van der Waals surface area contributed by atoms with Crippen molar-refractivity contribution in [3.63, 3.8) is 0 Å². The van der Waals surface area contributed by atoms with Crippen molar-refractivity contribution in [3.05, 3.63) is 90.6 Å². The summed E-state index contributed by atoms with van der Waals surface area (Å²) in [6.45, 7) is 3.02. The van der Waals surface area contributed by atoms with E-state index in [0.29, 0.717) is 37.7 Å². The Hall–Kier alpha value is -4.18. The van der Waals surface area contributed by atoms with E-state index in [1.54, 1.807) is 56.3 Å². The minimum absolute atomic E-state index is 0.176. The fourth-order valence-electron chi connectivity index (χ4n) is 3.97. The van der Waals surface area contributed by atoms with Gasteiger partial charge in [-0.3, -0.25) is 9.36 Å². The molecule has 3 aromatic rings. The second-order valence-corrected chi connectivity index (χ2v) is 8.79. The van der Waals surface area contributed by atoms with E-state index in [0.717, 1.165) is 0 Å². The normalized spacial score (nSPS) is 15.2. The smallest absolute Gasteiger partial charge is 0.338 e. The maximum absolute atomic E-state index is 13.7. The molecule has 2 aromatic carbocycles. The lowest BCUT2D eigenvalue weighted by Crippen LogP contribution is -2.40. The topological polar surface area (TPSA) is 119 Å². The monoisotopic (exact) mass is 507 g/mol. The van der Waals surface area contributed by atoms with Crippen molar-refractivity contribution in [1.29, 1.82) is 0 Å². The molecule has 4 rings (SSSR count). The van der Waals surface area contributed by atoms with E-state index in [2.05, 4.69) is 4.99 Å². The van der Waals surface area contributed by atoms with Gasteiger partial charge in [0.1, 0.15) is 24.1 Å². The predicted molar refractivity (Wildman–Crippen MR) is 130 cm³/mol. The predicted octanol–water partition coefficient (Wildman–Crippen LogP) is 0.936. The number of allylic oxidation sites excluding steroid dienone is 1. The lowest BCUT2D eigenvalue weighted by atomic mass is 9.95. The van der Waals surface area contributed by atoms with Crippen molar-refractivity contribution >= 4 is 29.4 Å². The number of aliphatic carboxylic acids is 1. The summed E-state index contributed by atoms with van der Waals surface area (Å²) in [5, 5.41) is 10.7. The third-order valence-corrected chi connectivity index (χ3v) is 6.45. The maximum atomic E-state index is 13.7. The molecule has 1 aliphatic rings. The molecule has 2 heterocycles. The van der Waals surface area contributed by atoms with Gasteiger partial charge in [0.15, 0.2) is 4.80 Å². The molecule has 9 nitrogen and oxygen atoms in total. The molecule has 0 saturated heterocycles. The van der Waals surface area contributed by atoms with Gasteiger partial charge in [0.2, 0.25) is 0 Å². The lowest BCUT2D eigenvalue weighted by molar-refractivity contribution is -0.307. The van der Waals surface area contributed by atoms with Gasteiger partial charge in [-0.25, -0.2) is 9.79 Å². The number of esters is 1. The quantitative estimate of drug-likeness (QED) is 0.416. The molecule has 0 amide bonds. The first-order chi connectivity index (χ1) is 17.3. The van der Waals surface area contributed by atoms with E-state index in [4.69, 9.17) is 14.2 Å². The van der Waals surface area contributed by atoms with Crippen molar-refractivity contribution in [2.75, 3.05) is 20.3 Å². The van der Waals surface area contributed by atoms with Gasteiger partial charge >= 0.3 is 5.97 Å². The Balaban J connectivity index is 1.89. The van der Waals surface area contributed by atoms with Crippen LogP contribution in [0.2, 0.25) is 0 Å². The van der Waals surface area contributed by atoms with Crippen LogP contribution in [0.15, 0.2) is 69.6 Å². The number of carbonyl (C=O) groups excluding carboxylic acids is 2. The van der Waals surface area contributed by atoms with Crippen LogP contribution in [-0.4, -0.2) is 36.8 Å². The van der Waals surface area contributed by atoms with E-state index in [1.807, 2.05) is 12.1 Å². The molecule has 1 aliphatic heterocycles. The van der Waals surface area contributed by atoms with Gasteiger partial charge in [-0.15, -0.1) is 0 Å². The first kappa shape index (κ1) is 24.9. The largest absolute Gasteiger partial charge is 0.546 e. The summed E-state index contributed by atoms with van der Waals surface area (Å²) < 4.78 is 17.9. The highest BCUT2D eigenvalue weighted by Crippen LogP contribution is 2.35. The Kier molecular flexibility index (Phi) is 7.35. The van der Waals surface area contributed by atoms with E-state index >= 15 is 0 Å². The molecule has 36 heavy (non-hydrogen) atoms. The number of hydrogen-bond donors (Lipinski definition) is 0. The molecular weight excluding hydrogens is 484 g/mol. The fraction of sp³-hybridized carbons (Fsp3) is 0.231. The first-order valence-corrected chi connectivity index (χ1v) is 11.9. The fourth-order valence-corrected chi connectivity index (χ4v) is 5.01. The number of para-hydroxylation sites is 1. The van der Waals surface area contributed by atoms with Crippen LogP contribution < -0.4 is 29.5 Å². The number of carboxylic acids is 1. The number of methoxy groups -OCH3 is 1. The zero-order valence-electron chi connectivity index (χ0n) is 19.8. The minimum atomic E-state index is -1.34. The number of thiazole rings is 1. The van der Waals surface area contributed by atoms with Crippen LogP contribution in [0.3, 0.4) is 0 Å². The molecule has 10 heteroatoms. The number of aromatic nitrogens is 1. The molecule has 0 spiro atoms. The standard InChI is InChI=1S/C26H24N2O7S/c1-4-34-25(32)22-15(2)27-26-28(23(22)18-10-5-6-11-19(18)33-3)24(31)20(36-26)13-16-8-7-9-17(12-16)35-14-21(29)30/h5-13,23H,4,14H2,1-3H3,(H,29,30)/p-1/b20-13+/t23-/m1/s1.